The molecule has 0 N–H and O–H groups in total. The van der Waals surface area contributed by atoms with Crippen LogP contribution in [0.25, 0.3) is 11.3 Å². The van der Waals surface area contributed by atoms with Crippen LogP contribution in [0.15, 0.2) is 47.4 Å². The molecule has 1 atom stereocenters. The van der Waals surface area contributed by atoms with Gasteiger partial charge < -0.3 is 14.4 Å². The molecule has 3 heterocycles. The highest BCUT2D eigenvalue weighted by Gasteiger charge is 2.27. The van der Waals surface area contributed by atoms with Crippen molar-refractivity contribution in [3.05, 3.63) is 69.2 Å². The van der Waals surface area contributed by atoms with Crippen molar-refractivity contribution in [1.82, 2.24) is 14.5 Å². The van der Waals surface area contributed by atoms with Gasteiger partial charge in [0.15, 0.2) is 0 Å². The van der Waals surface area contributed by atoms with E-state index in [9.17, 15) is 10.1 Å². The monoisotopic (exact) mass is 437 g/mol. The average Bonchev–Trinajstić information content (AvgIpc) is 2.80. The first-order valence-electron chi connectivity index (χ1n) is 9.64. The molecule has 31 heavy (non-hydrogen) atoms. The van der Waals surface area contributed by atoms with Crippen LogP contribution < -0.4 is 15.2 Å². The highest BCUT2D eigenvalue weighted by atomic mass is 35.5. The van der Waals surface area contributed by atoms with Gasteiger partial charge in [0.2, 0.25) is 5.95 Å². The Morgan fingerprint density at radius 1 is 1.29 bits per heavy atom. The van der Waals surface area contributed by atoms with Gasteiger partial charge in [0.1, 0.15) is 17.0 Å². The normalized spacial score (nSPS) is 16.1. The van der Waals surface area contributed by atoms with Gasteiger partial charge in [-0.05, 0) is 30.3 Å². The molecule has 0 aliphatic carbocycles. The maximum absolute atomic E-state index is 12.7. The summed E-state index contributed by atoms with van der Waals surface area (Å²) in [6, 6.07) is 12.3. The number of hydrogen-bond acceptors (Lipinski definition) is 7. The van der Waals surface area contributed by atoms with E-state index in [1.165, 1.54) is 10.6 Å². The molecule has 0 radical (unpaired) electrons. The largest absolute Gasteiger partial charge is 0.496 e. The van der Waals surface area contributed by atoms with E-state index in [1.54, 1.807) is 50.7 Å². The van der Waals surface area contributed by atoms with Crippen LogP contribution in [0.4, 0.5) is 5.95 Å². The summed E-state index contributed by atoms with van der Waals surface area (Å²) in [6.07, 6.45) is 1.24. The number of nitrogens with zero attached hydrogens (tertiary/aromatic N) is 5. The maximum Gasteiger partial charge on any atom is 0.255 e. The van der Waals surface area contributed by atoms with Crippen molar-refractivity contribution in [1.29, 1.82) is 5.26 Å². The second-order valence-corrected chi connectivity index (χ2v) is 7.47. The molecular formula is C22H20ClN5O3. The van der Waals surface area contributed by atoms with E-state index in [1.807, 2.05) is 4.90 Å². The Balaban J connectivity index is 1.71. The number of methoxy groups -OCH3 is 1. The van der Waals surface area contributed by atoms with Crippen molar-refractivity contribution in [2.45, 2.75) is 6.10 Å². The molecule has 4 rings (SSSR count). The molecule has 0 bridgehead atoms. The molecule has 3 aromatic rings. The maximum atomic E-state index is 12.7. The van der Waals surface area contributed by atoms with Crippen LogP contribution >= 0.6 is 11.6 Å². The summed E-state index contributed by atoms with van der Waals surface area (Å²) in [4.78, 5) is 23.4. The molecule has 2 aromatic heterocycles. The standard InChI is InChI=1S/C22H20ClN5O3/c1-27-21(29)11-17(15-5-6-25-20(23)10-15)26-22(27)28-7-8-31-19(13-28)16-9-14(12-24)3-4-18(16)30-2/h3-6,9-11,19H,7-8,13H2,1-2H3/t19-/m1/s1. The molecular weight excluding hydrogens is 418 g/mol. The van der Waals surface area contributed by atoms with E-state index >= 15 is 0 Å². The highest BCUT2D eigenvalue weighted by Crippen LogP contribution is 2.32. The summed E-state index contributed by atoms with van der Waals surface area (Å²) in [5.74, 6) is 1.17. The van der Waals surface area contributed by atoms with Crippen molar-refractivity contribution in [3.8, 4) is 23.1 Å². The number of rotatable bonds is 4. The summed E-state index contributed by atoms with van der Waals surface area (Å²) in [5.41, 5.74) is 2.37. The first-order valence-corrected chi connectivity index (χ1v) is 10.0. The van der Waals surface area contributed by atoms with Crippen LogP contribution in [0, 0.1) is 11.3 Å². The zero-order chi connectivity index (χ0) is 22.0. The van der Waals surface area contributed by atoms with E-state index < -0.39 is 0 Å². The van der Waals surface area contributed by atoms with Gasteiger partial charge in [0.25, 0.3) is 5.56 Å². The molecule has 0 saturated carbocycles. The van der Waals surface area contributed by atoms with E-state index in [0.717, 1.165) is 5.56 Å². The van der Waals surface area contributed by atoms with Gasteiger partial charge in [-0.15, -0.1) is 0 Å². The first-order chi connectivity index (χ1) is 15.0. The summed E-state index contributed by atoms with van der Waals surface area (Å²) in [5, 5.41) is 9.61. The topological polar surface area (TPSA) is 93.3 Å². The number of aromatic nitrogens is 3. The Bertz CT molecular complexity index is 1220. The fourth-order valence-electron chi connectivity index (χ4n) is 3.59. The summed E-state index contributed by atoms with van der Waals surface area (Å²) >= 11 is 6.01. The second-order valence-electron chi connectivity index (χ2n) is 7.08. The number of nitriles is 1. The first kappa shape index (κ1) is 20.8. The Morgan fingerprint density at radius 2 is 2.13 bits per heavy atom. The lowest BCUT2D eigenvalue weighted by atomic mass is 10.0. The lowest BCUT2D eigenvalue weighted by Crippen LogP contribution is -2.41. The highest BCUT2D eigenvalue weighted by molar-refractivity contribution is 6.29. The number of morpholine rings is 1. The number of ether oxygens (including phenoxy) is 2. The fourth-order valence-corrected chi connectivity index (χ4v) is 3.77. The van der Waals surface area contributed by atoms with Crippen LogP contribution in [0.3, 0.4) is 0 Å². The minimum absolute atomic E-state index is 0.181. The SMILES string of the molecule is COc1ccc(C#N)cc1[C@H]1CN(c2nc(-c3ccnc(Cl)c3)cc(=O)n2C)CCO1. The Kier molecular flexibility index (Phi) is 5.89. The fraction of sp³-hybridized carbons (Fsp3) is 0.273. The van der Waals surface area contributed by atoms with Gasteiger partial charge >= 0.3 is 0 Å². The molecule has 1 aromatic carbocycles. The van der Waals surface area contributed by atoms with Gasteiger partial charge in [-0.25, -0.2) is 9.97 Å². The zero-order valence-corrected chi connectivity index (χ0v) is 17.8. The van der Waals surface area contributed by atoms with E-state index in [2.05, 4.69) is 11.1 Å². The number of halogens is 1. The molecule has 0 unspecified atom stereocenters. The number of pyridine rings is 1. The predicted octanol–water partition coefficient (Wildman–Crippen LogP) is 2.95. The molecule has 0 amide bonds. The summed E-state index contributed by atoms with van der Waals surface area (Å²) in [7, 11) is 3.27. The van der Waals surface area contributed by atoms with Gasteiger partial charge in [0, 0.05) is 37.0 Å². The minimum atomic E-state index is -0.340. The zero-order valence-electron chi connectivity index (χ0n) is 17.1. The van der Waals surface area contributed by atoms with Gasteiger partial charge in [-0.1, -0.05) is 11.6 Å². The Morgan fingerprint density at radius 3 is 2.87 bits per heavy atom. The van der Waals surface area contributed by atoms with Crippen LogP contribution in [-0.2, 0) is 11.8 Å². The Hall–Kier alpha value is -3.41. The lowest BCUT2D eigenvalue weighted by Gasteiger charge is -2.35. The van der Waals surface area contributed by atoms with E-state index in [-0.39, 0.29) is 11.7 Å². The molecule has 1 fully saturated rings. The average molecular weight is 438 g/mol. The van der Waals surface area contributed by atoms with Crippen molar-refractivity contribution in [2.75, 3.05) is 31.7 Å². The lowest BCUT2D eigenvalue weighted by molar-refractivity contribution is 0.0374. The van der Waals surface area contributed by atoms with Crippen LogP contribution in [-0.4, -0.2) is 41.3 Å². The minimum Gasteiger partial charge on any atom is -0.496 e. The van der Waals surface area contributed by atoms with Crippen molar-refractivity contribution >= 4 is 17.5 Å². The Labute approximate surface area is 184 Å². The van der Waals surface area contributed by atoms with Crippen molar-refractivity contribution < 1.29 is 9.47 Å². The van der Waals surface area contributed by atoms with Crippen molar-refractivity contribution in [2.24, 2.45) is 7.05 Å². The van der Waals surface area contributed by atoms with Gasteiger partial charge in [-0.2, -0.15) is 5.26 Å². The van der Waals surface area contributed by atoms with Crippen molar-refractivity contribution in [3.63, 3.8) is 0 Å². The number of anilines is 1. The smallest absolute Gasteiger partial charge is 0.255 e. The second kappa shape index (κ2) is 8.76. The summed E-state index contributed by atoms with van der Waals surface area (Å²) in [6.45, 7) is 1.45. The molecule has 1 saturated heterocycles. The predicted molar refractivity (Wildman–Crippen MR) is 116 cm³/mol. The van der Waals surface area contributed by atoms with E-state index in [4.69, 9.17) is 26.1 Å². The van der Waals surface area contributed by atoms with Gasteiger partial charge in [0.05, 0.1) is 37.6 Å². The molecule has 9 heteroatoms. The molecule has 1 aliphatic rings. The quantitative estimate of drug-likeness (QED) is 0.579. The number of hydrogen-bond donors (Lipinski definition) is 0. The van der Waals surface area contributed by atoms with Crippen LogP contribution in [0.2, 0.25) is 5.15 Å². The van der Waals surface area contributed by atoms with Crippen LogP contribution in [0.1, 0.15) is 17.2 Å². The summed E-state index contributed by atoms with van der Waals surface area (Å²) < 4.78 is 13.0. The third-order valence-corrected chi connectivity index (χ3v) is 5.40. The molecule has 0 spiro atoms. The number of benzene rings is 1. The molecule has 158 valence electrons. The molecule has 8 nitrogen and oxygen atoms in total. The third-order valence-electron chi connectivity index (χ3n) is 5.19. The van der Waals surface area contributed by atoms with Gasteiger partial charge in [-0.3, -0.25) is 9.36 Å². The van der Waals surface area contributed by atoms with Crippen LogP contribution in [0.5, 0.6) is 5.75 Å². The van der Waals surface area contributed by atoms with E-state index in [0.29, 0.717) is 53.4 Å². The molecule has 1 aliphatic heterocycles. The third kappa shape index (κ3) is 4.24.